The molecule has 1 unspecified atom stereocenters. The lowest BCUT2D eigenvalue weighted by atomic mass is 9.93. The van der Waals surface area contributed by atoms with Crippen molar-refractivity contribution in [1.29, 1.82) is 0 Å². The third-order valence-electron chi connectivity index (χ3n) is 3.56. The molecule has 1 heterocycles. The summed E-state index contributed by atoms with van der Waals surface area (Å²) in [6, 6.07) is 3.66. The number of aryl methyl sites for hydroxylation is 1. The second-order valence-electron chi connectivity index (χ2n) is 5.42. The van der Waals surface area contributed by atoms with Gasteiger partial charge in [0.15, 0.2) is 5.78 Å². The molecule has 1 aromatic rings. The summed E-state index contributed by atoms with van der Waals surface area (Å²) in [5.74, 6) is 0.475. The van der Waals surface area contributed by atoms with Crippen LogP contribution < -0.4 is 10.2 Å². The van der Waals surface area contributed by atoms with Crippen molar-refractivity contribution in [3.05, 3.63) is 28.3 Å². The molecule has 22 heavy (non-hydrogen) atoms. The zero-order valence-corrected chi connectivity index (χ0v) is 13.7. The topological polar surface area (TPSA) is 67.8 Å². The van der Waals surface area contributed by atoms with E-state index in [1.807, 2.05) is 19.9 Å². The van der Waals surface area contributed by atoms with E-state index in [1.165, 1.54) is 0 Å². The van der Waals surface area contributed by atoms with Crippen LogP contribution in [0, 0.1) is 12.8 Å². The van der Waals surface area contributed by atoms with Crippen LogP contribution in [0.3, 0.4) is 0 Å². The molecule has 118 valence electrons. The Morgan fingerprint density at radius 1 is 1.50 bits per heavy atom. The van der Waals surface area contributed by atoms with Crippen molar-refractivity contribution in [3.8, 4) is 5.75 Å². The van der Waals surface area contributed by atoms with E-state index in [0.29, 0.717) is 23.6 Å². The van der Waals surface area contributed by atoms with Crippen LogP contribution in [0.4, 0.5) is 0 Å². The summed E-state index contributed by atoms with van der Waals surface area (Å²) in [4.78, 5) is 22.7. The first-order valence-corrected chi connectivity index (χ1v) is 7.61. The van der Waals surface area contributed by atoms with E-state index in [4.69, 9.17) is 16.3 Å². The summed E-state index contributed by atoms with van der Waals surface area (Å²) in [6.07, 6.45) is 0.835. The Bertz CT molecular complexity index is 617. The molecule has 0 radical (unpaired) electrons. The fraction of sp³-hybridized carbons (Fsp3) is 0.438. The van der Waals surface area contributed by atoms with Crippen LogP contribution in [0.15, 0.2) is 17.2 Å². The lowest BCUT2D eigenvalue weighted by Crippen LogP contribution is -2.32. The van der Waals surface area contributed by atoms with Gasteiger partial charge < -0.3 is 4.74 Å². The molecule has 0 bridgehead atoms. The molecule has 2 rings (SSSR count). The quantitative estimate of drug-likeness (QED) is 0.906. The first kappa shape index (κ1) is 16.5. The van der Waals surface area contributed by atoms with Gasteiger partial charge in [-0.1, -0.05) is 25.4 Å². The van der Waals surface area contributed by atoms with Gasteiger partial charge in [0.1, 0.15) is 12.4 Å². The van der Waals surface area contributed by atoms with Crippen LogP contribution >= 0.6 is 11.6 Å². The van der Waals surface area contributed by atoms with E-state index in [2.05, 4.69) is 10.5 Å². The molecule has 1 aliphatic rings. The first-order valence-electron chi connectivity index (χ1n) is 7.23. The number of rotatable bonds is 5. The van der Waals surface area contributed by atoms with Gasteiger partial charge in [-0.2, -0.15) is 5.10 Å². The number of ketones is 1. The Labute approximate surface area is 134 Å². The van der Waals surface area contributed by atoms with Gasteiger partial charge in [-0.25, -0.2) is 5.43 Å². The molecule has 1 N–H and O–H groups in total. The number of halogens is 1. The second-order valence-corrected chi connectivity index (χ2v) is 5.83. The van der Waals surface area contributed by atoms with Crippen molar-refractivity contribution in [2.24, 2.45) is 11.0 Å². The molecule has 1 atom stereocenters. The molecular weight excluding hydrogens is 304 g/mol. The third-order valence-corrected chi connectivity index (χ3v) is 3.84. The summed E-state index contributed by atoms with van der Waals surface area (Å²) in [5.41, 5.74) is 4.97. The number of hydrogen-bond acceptors (Lipinski definition) is 4. The zero-order valence-electron chi connectivity index (χ0n) is 12.9. The Hall–Kier alpha value is -1.88. The predicted octanol–water partition coefficient (Wildman–Crippen LogP) is 2.87. The van der Waals surface area contributed by atoms with Crippen molar-refractivity contribution in [3.63, 3.8) is 0 Å². The predicted molar refractivity (Wildman–Crippen MR) is 85.4 cm³/mol. The van der Waals surface area contributed by atoms with Crippen molar-refractivity contribution in [1.82, 2.24) is 5.43 Å². The number of ether oxygens (including phenoxy) is 1. The summed E-state index contributed by atoms with van der Waals surface area (Å²) in [6.45, 7) is 5.63. The minimum atomic E-state index is -0.0860. The van der Waals surface area contributed by atoms with Crippen LogP contribution in [-0.4, -0.2) is 24.0 Å². The maximum absolute atomic E-state index is 11.4. The first-order chi connectivity index (χ1) is 10.4. The molecule has 6 heteroatoms. The molecule has 1 aromatic carbocycles. The largest absolute Gasteiger partial charge is 0.484 e. The Morgan fingerprint density at radius 2 is 2.23 bits per heavy atom. The SMILES string of the molecule is CCC(=O)COc1c(C)cc(C2=NNC(=O)CC2C)cc1Cl. The molecular formula is C16H19ClN2O3. The number of nitrogens with one attached hydrogen (secondary N) is 1. The number of nitrogens with zero attached hydrogens (tertiary/aromatic N) is 1. The minimum absolute atomic E-state index is 0.0177. The summed E-state index contributed by atoms with van der Waals surface area (Å²) in [5, 5.41) is 4.56. The van der Waals surface area contributed by atoms with Crippen LogP contribution in [0.1, 0.15) is 37.8 Å². The molecule has 0 aliphatic carbocycles. The minimum Gasteiger partial charge on any atom is -0.484 e. The Morgan fingerprint density at radius 3 is 2.82 bits per heavy atom. The maximum atomic E-state index is 11.4. The number of carbonyl (C=O) groups is 2. The molecule has 0 saturated heterocycles. The fourth-order valence-electron chi connectivity index (χ4n) is 2.32. The van der Waals surface area contributed by atoms with Crippen LogP contribution in [0.25, 0.3) is 0 Å². The average molecular weight is 323 g/mol. The van der Waals surface area contributed by atoms with Gasteiger partial charge in [0, 0.05) is 24.3 Å². The van der Waals surface area contributed by atoms with E-state index < -0.39 is 0 Å². The van der Waals surface area contributed by atoms with E-state index in [9.17, 15) is 9.59 Å². The highest BCUT2D eigenvalue weighted by atomic mass is 35.5. The Balaban J connectivity index is 2.26. The van der Waals surface area contributed by atoms with Crippen molar-refractivity contribution < 1.29 is 14.3 Å². The molecule has 0 spiro atoms. The number of benzene rings is 1. The van der Waals surface area contributed by atoms with E-state index >= 15 is 0 Å². The molecule has 1 amide bonds. The summed E-state index contributed by atoms with van der Waals surface area (Å²) >= 11 is 6.28. The molecule has 1 aliphatic heterocycles. The standard InChI is InChI=1S/C16H19ClN2O3/c1-4-12(20)8-22-16-10(3)5-11(7-13(16)17)15-9(2)6-14(21)18-19-15/h5,7,9H,4,6,8H2,1-3H3,(H,18,21). The van der Waals surface area contributed by atoms with E-state index in [0.717, 1.165) is 16.8 Å². The van der Waals surface area contributed by atoms with Gasteiger partial charge in [0.2, 0.25) is 5.91 Å². The highest BCUT2D eigenvalue weighted by Crippen LogP contribution is 2.31. The van der Waals surface area contributed by atoms with Crippen LogP contribution in [0.2, 0.25) is 5.02 Å². The van der Waals surface area contributed by atoms with Gasteiger partial charge in [-0.3, -0.25) is 9.59 Å². The lowest BCUT2D eigenvalue weighted by molar-refractivity contribution is -0.122. The number of hydrazone groups is 1. The zero-order chi connectivity index (χ0) is 16.3. The smallest absolute Gasteiger partial charge is 0.240 e. The number of hydrogen-bond donors (Lipinski definition) is 1. The molecule has 5 nitrogen and oxygen atoms in total. The molecule has 0 aromatic heterocycles. The fourth-order valence-corrected chi connectivity index (χ4v) is 2.64. The maximum Gasteiger partial charge on any atom is 0.240 e. The van der Waals surface area contributed by atoms with Gasteiger partial charge in [0.05, 0.1) is 10.7 Å². The third kappa shape index (κ3) is 3.65. The summed E-state index contributed by atoms with van der Waals surface area (Å²) in [7, 11) is 0. The molecule has 0 saturated carbocycles. The van der Waals surface area contributed by atoms with Crippen molar-refractivity contribution >= 4 is 29.0 Å². The number of amides is 1. The highest BCUT2D eigenvalue weighted by Gasteiger charge is 2.23. The van der Waals surface area contributed by atoms with Gasteiger partial charge >= 0.3 is 0 Å². The van der Waals surface area contributed by atoms with E-state index in [1.54, 1.807) is 13.0 Å². The van der Waals surface area contributed by atoms with Gasteiger partial charge in [0.25, 0.3) is 0 Å². The monoisotopic (exact) mass is 322 g/mol. The van der Waals surface area contributed by atoms with Gasteiger partial charge in [-0.05, 0) is 24.6 Å². The van der Waals surface area contributed by atoms with Crippen molar-refractivity contribution in [2.45, 2.75) is 33.6 Å². The van der Waals surface area contributed by atoms with Gasteiger partial charge in [-0.15, -0.1) is 0 Å². The summed E-state index contributed by atoms with van der Waals surface area (Å²) < 4.78 is 5.52. The Kier molecular flexibility index (Phi) is 5.19. The molecule has 0 fully saturated rings. The second kappa shape index (κ2) is 6.92. The van der Waals surface area contributed by atoms with E-state index in [-0.39, 0.29) is 24.2 Å². The highest BCUT2D eigenvalue weighted by molar-refractivity contribution is 6.32. The lowest BCUT2D eigenvalue weighted by Gasteiger charge is -2.20. The normalized spacial score (nSPS) is 17.7. The van der Waals surface area contributed by atoms with Crippen LogP contribution in [0.5, 0.6) is 5.75 Å². The van der Waals surface area contributed by atoms with Crippen molar-refractivity contribution in [2.75, 3.05) is 6.61 Å². The number of carbonyl (C=O) groups excluding carboxylic acids is 2. The van der Waals surface area contributed by atoms with Crippen LogP contribution in [-0.2, 0) is 9.59 Å². The average Bonchev–Trinajstić information content (AvgIpc) is 2.45. The number of Topliss-reactive ketones (excluding diaryl/α,β-unsaturated/α-hetero) is 1.